The fourth-order valence-electron chi connectivity index (χ4n) is 3.63. The molecule has 0 saturated heterocycles. The number of hydrogen-bond donors (Lipinski definition) is 1. The first kappa shape index (κ1) is 15.8. The summed E-state index contributed by atoms with van der Waals surface area (Å²) in [6, 6.07) is 21.1. The Bertz CT molecular complexity index is 1310. The zero-order chi connectivity index (χ0) is 18.5. The van der Waals surface area contributed by atoms with Gasteiger partial charge in [0, 0.05) is 18.2 Å². The first-order valence-corrected chi connectivity index (χ1v) is 9.09. The molecule has 0 aliphatic rings. The quantitative estimate of drug-likeness (QED) is 0.462. The standard InChI is InChI=1S/C23H20N4/c1-14-7-9-18-19(11-14)25-22(24-18)16-5-4-6-17(13-16)23-26-20-12-15(2)8-10-21(20)27(23)3/h4-13H,1-3H3,(H,24,25). The molecule has 0 atom stereocenters. The van der Waals surface area contributed by atoms with Gasteiger partial charge in [-0.2, -0.15) is 0 Å². The molecular formula is C23H20N4. The molecule has 0 unspecified atom stereocenters. The van der Waals surface area contributed by atoms with Crippen molar-refractivity contribution in [3.05, 3.63) is 71.8 Å². The summed E-state index contributed by atoms with van der Waals surface area (Å²) >= 11 is 0. The van der Waals surface area contributed by atoms with Crippen LogP contribution in [-0.2, 0) is 7.05 Å². The van der Waals surface area contributed by atoms with Gasteiger partial charge < -0.3 is 9.55 Å². The van der Waals surface area contributed by atoms with Crippen molar-refractivity contribution in [2.75, 3.05) is 0 Å². The van der Waals surface area contributed by atoms with E-state index in [1.165, 1.54) is 11.1 Å². The molecule has 2 heterocycles. The first-order chi connectivity index (χ1) is 13.1. The lowest BCUT2D eigenvalue weighted by Gasteiger charge is -2.04. The van der Waals surface area contributed by atoms with Crippen LogP contribution in [0.2, 0.25) is 0 Å². The van der Waals surface area contributed by atoms with E-state index in [9.17, 15) is 0 Å². The topological polar surface area (TPSA) is 46.5 Å². The predicted octanol–water partition coefficient (Wildman–Crippen LogP) is 5.40. The van der Waals surface area contributed by atoms with Gasteiger partial charge in [0.1, 0.15) is 11.6 Å². The van der Waals surface area contributed by atoms with Crippen LogP contribution in [-0.4, -0.2) is 19.5 Å². The second-order valence-corrected chi connectivity index (χ2v) is 7.17. The minimum Gasteiger partial charge on any atom is -0.338 e. The Hall–Kier alpha value is -3.40. The highest BCUT2D eigenvalue weighted by Gasteiger charge is 2.12. The van der Waals surface area contributed by atoms with E-state index in [0.717, 1.165) is 44.8 Å². The van der Waals surface area contributed by atoms with Crippen LogP contribution in [0.5, 0.6) is 0 Å². The van der Waals surface area contributed by atoms with Gasteiger partial charge in [-0.05, 0) is 55.3 Å². The van der Waals surface area contributed by atoms with Crippen LogP contribution < -0.4 is 0 Å². The molecule has 3 aromatic carbocycles. The third kappa shape index (κ3) is 2.61. The number of nitrogens with zero attached hydrogens (tertiary/aromatic N) is 3. The molecule has 5 aromatic rings. The van der Waals surface area contributed by atoms with E-state index in [4.69, 9.17) is 9.97 Å². The van der Waals surface area contributed by atoms with Crippen LogP contribution in [0.4, 0.5) is 0 Å². The molecule has 5 rings (SSSR count). The molecule has 0 radical (unpaired) electrons. The van der Waals surface area contributed by atoms with Crippen LogP contribution >= 0.6 is 0 Å². The highest BCUT2D eigenvalue weighted by molar-refractivity contribution is 5.83. The van der Waals surface area contributed by atoms with E-state index in [2.05, 4.69) is 91.1 Å². The van der Waals surface area contributed by atoms with E-state index in [1.807, 2.05) is 0 Å². The molecule has 4 heteroatoms. The summed E-state index contributed by atoms with van der Waals surface area (Å²) in [5.41, 5.74) is 8.80. The van der Waals surface area contributed by atoms with Crippen LogP contribution in [0, 0.1) is 13.8 Å². The van der Waals surface area contributed by atoms with E-state index in [0.29, 0.717) is 0 Å². The number of fused-ring (bicyclic) bond motifs is 2. The van der Waals surface area contributed by atoms with Gasteiger partial charge in [0.2, 0.25) is 0 Å². The van der Waals surface area contributed by atoms with Gasteiger partial charge in [-0.3, -0.25) is 0 Å². The number of nitrogens with one attached hydrogen (secondary N) is 1. The zero-order valence-corrected chi connectivity index (χ0v) is 15.6. The van der Waals surface area contributed by atoms with Crippen molar-refractivity contribution in [3.63, 3.8) is 0 Å². The van der Waals surface area contributed by atoms with Crippen molar-refractivity contribution < 1.29 is 0 Å². The van der Waals surface area contributed by atoms with Crippen LogP contribution in [0.25, 0.3) is 44.8 Å². The minimum atomic E-state index is 0.882. The monoisotopic (exact) mass is 352 g/mol. The van der Waals surface area contributed by atoms with E-state index in [1.54, 1.807) is 0 Å². The van der Waals surface area contributed by atoms with Crippen molar-refractivity contribution in [2.45, 2.75) is 13.8 Å². The first-order valence-electron chi connectivity index (χ1n) is 9.09. The number of aromatic amines is 1. The molecule has 0 saturated carbocycles. The number of benzene rings is 3. The SMILES string of the molecule is Cc1ccc2c(c1)nc(-c1cccc(-c3nc4ccc(C)cc4[nH]3)c1)n2C. The van der Waals surface area contributed by atoms with Crippen LogP contribution in [0.15, 0.2) is 60.7 Å². The lowest BCUT2D eigenvalue weighted by Crippen LogP contribution is -1.93. The van der Waals surface area contributed by atoms with Gasteiger partial charge in [0.05, 0.1) is 22.1 Å². The summed E-state index contributed by atoms with van der Waals surface area (Å²) in [4.78, 5) is 13.1. The van der Waals surface area contributed by atoms with Gasteiger partial charge in [0.25, 0.3) is 0 Å². The van der Waals surface area contributed by atoms with Crippen molar-refractivity contribution in [2.24, 2.45) is 7.05 Å². The van der Waals surface area contributed by atoms with Gasteiger partial charge >= 0.3 is 0 Å². The maximum atomic E-state index is 4.86. The van der Waals surface area contributed by atoms with Crippen molar-refractivity contribution in [1.29, 1.82) is 0 Å². The summed E-state index contributed by atoms with van der Waals surface area (Å²) in [7, 11) is 2.07. The number of aromatic nitrogens is 4. The third-order valence-corrected chi connectivity index (χ3v) is 5.07. The number of aryl methyl sites for hydroxylation is 3. The average molecular weight is 352 g/mol. The van der Waals surface area contributed by atoms with Crippen LogP contribution in [0.3, 0.4) is 0 Å². The Morgan fingerprint density at radius 2 is 1.56 bits per heavy atom. The lowest BCUT2D eigenvalue weighted by molar-refractivity contribution is 0.959. The van der Waals surface area contributed by atoms with E-state index >= 15 is 0 Å². The Labute approximate surface area is 157 Å². The highest BCUT2D eigenvalue weighted by atomic mass is 15.1. The predicted molar refractivity (Wildman–Crippen MR) is 111 cm³/mol. The Balaban J connectivity index is 1.64. The van der Waals surface area contributed by atoms with Crippen LogP contribution in [0.1, 0.15) is 11.1 Å². The Kier molecular flexibility index (Phi) is 3.41. The van der Waals surface area contributed by atoms with Gasteiger partial charge in [0.15, 0.2) is 0 Å². The number of hydrogen-bond acceptors (Lipinski definition) is 2. The molecule has 4 nitrogen and oxygen atoms in total. The molecule has 1 N–H and O–H groups in total. The maximum absolute atomic E-state index is 4.86. The minimum absolute atomic E-state index is 0.882. The molecular weight excluding hydrogens is 332 g/mol. The third-order valence-electron chi connectivity index (χ3n) is 5.07. The number of H-pyrrole nitrogens is 1. The normalized spacial score (nSPS) is 11.5. The van der Waals surface area contributed by atoms with Gasteiger partial charge in [-0.1, -0.05) is 30.3 Å². The number of imidazole rings is 2. The zero-order valence-electron chi connectivity index (χ0n) is 15.6. The average Bonchev–Trinajstić information content (AvgIpc) is 3.22. The molecule has 0 bridgehead atoms. The molecule has 0 amide bonds. The maximum Gasteiger partial charge on any atom is 0.140 e. The molecule has 0 aliphatic carbocycles. The molecule has 0 spiro atoms. The highest BCUT2D eigenvalue weighted by Crippen LogP contribution is 2.28. The summed E-state index contributed by atoms with van der Waals surface area (Å²) < 4.78 is 2.15. The fourth-order valence-corrected chi connectivity index (χ4v) is 3.63. The molecule has 132 valence electrons. The lowest BCUT2D eigenvalue weighted by atomic mass is 10.1. The number of rotatable bonds is 2. The molecule has 27 heavy (non-hydrogen) atoms. The summed E-state index contributed by atoms with van der Waals surface area (Å²) in [5.74, 6) is 1.84. The van der Waals surface area contributed by atoms with Crippen molar-refractivity contribution in [1.82, 2.24) is 19.5 Å². The van der Waals surface area contributed by atoms with Crippen molar-refractivity contribution in [3.8, 4) is 22.8 Å². The Morgan fingerprint density at radius 3 is 2.44 bits per heavy atom. The molecule has 0 aliphatic heterocycles. The van der Waals surface area contributed by atoms with E-state index < -0.39 is 0 Å². The summed E-state index contributed by atoms with van der Waals surface area (Å²) in [6.45, 7) is 4.19. The van der Waals surface area contributed by atoms with Gasteiger partial charge in [-0.15, -0.1) is 0 Å². The Morgan fingerprint density at radius 1 is 0.778 bits per heavy atom. The van der Waals surface area contributed by atoms with Gasteiger partial charge in [-0.25, -0.2) is 9.97 Å². The molecule has 0 fully saturated rings. The molecule has 2 aromatic heterocycles. The second kappa shape index (κ2) is 5.81. The summed E-state index contributed by atoms with van der Waals surface area (Å²) in [5, 5.41) is 0. The smallest absolute Gasteiger partial charge is 0.140 e. The largest absolute Gasteiger partial charge is 0.338 e. The second-order valence-electron chi connectivity index (χ2n) is 7.17. The fraction of sp³-hybridized carbons (Fsp3) is 0.130. The summed E-state index contributed by atoms with van der Waals surface area (Å²) in [6.07, 6.45) is 0. The van der Waals surface area contributed by atoms with Crippen molar-refractivity contribution >= 4 is 22.1 Å². The van der Waals surface area contributed by atoms with E-state index in [-0.39, 0.29) is 0 Å².